The van der Waals surface area contributed by atoms with Crippen LogP contribution in [-0.4, -0.2) is 21.8 Å². The number of amides is 2. The fourth-order valence-electron chi connectivity index (χ4n) is 2.27. The maximum absolute atomic E-state index is 12.7. The van der Waals surface area contributed by atoms with Crippen LogP contribution in [0.1, 0.15) is 0 Å². The molecular formula is C15H10N4O3S. The third-order valence-electron chi connectivity index (χ3n) is 3.32. The van der Waals surface area contributed by atoms with Gasteiger partial charge in [0.15, 0.2) is 10.8 Å². The van der Waals surface area contributed by atoms with E-state index in [-0.39, 0.29) is 22.2 Å². The molecule has 0 aliphatic carbocycles. The van der Waals surface area contributed by atoms with Gasteiger partial charge in [-0.05, 0) is 18.2 Å². The van der Waals surface area contributed by atoms with Crippen LogP contribution in [0.3, 0.4) is 0 Å². The van der Waals surface area contributed by atoms with E-state index in [1.165, 1.54) is 29.2 Å². The molecule has 0 bridgehead atoms. The SMILES string of the molecule is N=C1C(=S)N(c2ccccc2)C(=O)N1c1cccc([N+](=O)[O-])c1. The average Bonchev–Trinajstić information content (AvgIpc) is 2.78. The largest absolute Gasteiger partial charge is 0.340 e. The summed E-state index contributed by atoms with van der Waals surface area (Å²) in [4.78, 5) is 25.3. The lowest BCUT2D eigenvalue weighted by molar-refractivity contribution is -0.384. The summed E-state index contributed by atoms with van der Waals surface area (Å²) in [5, 5.41) is 19.0. The minimum absolute atomic E-state index is 0.0488. The lowest BCUT2D eigenvalue weighted by atomic mass is 10.2. The molecule has 114 valence electrons. The topological polar surface area (TPSA) is 90.5 Å². The van der Waals surface area contributed by atoms with Gasteiger partial charge in [0.25, 0.3) is 5.69 Å². The van der Waals surface area contributed by atoms with E-state index in [4.69, 9.17) is 17.6 Å². The average molecular weight is 326 g/mol. The van der Waals surface area contributed by atoms with Crippen LogP contribution in [0.25, 0.3) is 0 Å². The molecule has 1 aliphatic heterocycles. The van der Waals surface area contributed by atoms with Gasteiger partial charge >= 0.3 is 6.03 Å². The van der Waals surface area contributed by atoms with Gasteiger partial charge in [-0.1, -0.05) is 36.5 Å². The van der Waals surface area contributed by atoms with E-state index in [0.29, 0.717) is 5.69 Å². The third-order valence-corrected chi connectivity index (χ3v) is 3.70. The van der Waals surface area contributed by atoms with Crippen LogP contribution in [0.2, 0.25) is 0 Å². The van der Waals surface area contributed by atoms with Gasteiger partial charge in [0.05, 0.1) is 16.3 Å². The van der Waals surface area contributed by atoms with Crippen molar-refractivity contribution in [3.05, 3.63) is 64.7 Å². The molecule has 1 aliphatic rings. The Morgan fingerprint density at radius 1 is 1.00 bits per heavy atom. The van der Waals surface area contributed by atoms with Gasteiger partial charge in [-0.15, -0.1) is 0 Å². The minimum Gasteiger partial charge on any atom is -0.281 e. The third kappa shape index (κ3) is 2.44. The summed E-state index contributed by atoms with van der Waals surface area (Å²) >= 11 is 5.19. The quantitative estimate of drug-likeness (QED) is 0.532. The number of hydrogen-bond donors (Lipinski definition) is 1. The lowest BCUT2D eigenvalue weighted by Crippen LogP contribution is -2.33. The lowest BCUT2D eigenvalue weighted by Gasteiger charge is -2.16. The highest BCUT2D eigenvalue weighted by atomic mass is 32.1. The van der Waals surface area contributed by atoms with Crippen LogP contribution in [-0.2, 0) is 0 Å². The fourth-order valence-corrected chi connectivity index (χ4v) is 2.55. The number of thiocarbonyl (C=S) groups is 1. The molecular weight excluding hydrogens is 316 g/mol. The molecule has 1 fully saturated rings. The van der Waals surface area contributed by atoms with Crippen molar-refractivity contribution >= 4 is 46.1 Å². The van der Waals surface area contributed by atoms with E-state index in [1.807, 2.05) is 0 Å². The van der Waals surface area contributed by atoms with Gasteiger partial charge in [-0.2, -0.15) is 0 Å². The number of carbonyl (C=O) groups excluding carboxylic acids is 1. The molecule has 23 heavy (non-hydrogen) atoms. The minimum atomic E-state index is -0.555. The van der Waals surface area contributed by atoms with Crippen LogP contribution < -0.4 is 9.80 Å². The Bertz CT molecular complexity index is 838. The summed E-state index contributed by atoms with van der Waals surface area (Å²) in [6, 6.07) is 13.7. The highest BCUT2D eigenvalue weighted by Crippen LogP contribution is 2.29. The number of nitrogens with one attached hydrogen (secondary N) is 1. The van der Waals surface area contributed by atoms with Crippen molar-refractivity contribution in [1.29, 1.82) is 5.41 Å². The van der Waals surface area contributed by atoms with Crippen LogP contribution in [0.15, 0.2) is 54.6 Å². The first-order valence-electron chi connectivity index (χ1n) is 6.57. The summed E-state index contributed by atoms with van der Waals surface area (Å²) in [7, 11) is 0. The molecule has 0 atom stereocenters. The number of nitro groups is 1. The summed E-state index contributed by atoms with van der Waals surface area (Å²) in [6.45, 7) is 0. The molecule has 1 N–H and O–H groups in total. The normalized spacial score (nSPS) is 14.5. The van der Waals surface area contributed by atoms with Crippen molar-refractivity contribution < 1.29 is 9.72 Å². The van der Waals surface area contributed by atoms with E-state index in [2.05, 4.69) is 0 Å². The van der Waals surface area contributed by atoms with Crippen molar-refractivity contribution in [2.45, 2.75) is 0 Å². The number of nitro benzene ring substituents is 1. The molecule has 7 nitrogen and oxygen atoms in total. The van der Waals surface area contributed by atoms with Crippen LogP contribution in [0, 0.1) is 15.5 Å². The van der Waals surface area contributed by atoms with Gasteiger partial charge in [-0.25, -0.2) is 14.6 Å². The Morgan fingerprint density at radius 3 is 2.30 bits per heavy atom. The van der Waals surface area contributed by atoms with Crippen LogP contribution in [0.5, 0.6) is 0 Å². The van der Waals surface area contributed by atoms with Crippen molar-refractivity contribution in [3.63, 3.8) is 0 Å². The molecule has 0 aromatic heterocycles. The number of benzene rings is 2. The van der Waals surface area contributed by atoms with Crippen molar-refractivity contribution in [2.24, 2.45) is 0 Å². The molecule has 2 aromatic rings. The van der Waals surface area contributed by atoms with Crippen molar-refractivity contribution in [2.75, 3.05) is 9.80 Å². The number of non-ortho nitro benzene ring substituents is 1. The first-order valence-corrected chi connectivity index (χ1v) is 6.98. The molecule has 0 radical (unpaired) electrons. The zero-order valence-corrected chi connectivity index (χ0v) is 12.5. The number of nitrogens with zero attached hydrogens (tertiary/aromatic N) is 3. The molecule has 2 amide bonds. The molecule has 1 heterocycles. The van der Waals surface area contributed by atoms with Gasteiger partial charge in [0.2, 0.25) is 0 Å². The van der Waals surface area contributed by atoms with Gasteiger partial charge in [-0.3, -0.25) is 15.5 Å². The van der Waals surface area contributed by atoms with E-state index in [1.54, 1.807) is 30.3 Å². The van der Waals surface area contributed by atoms with Gasteiger partial charge in [0, 0.05) is 12.1 Å². The molecule has 8 heteroatoms. The highest BCUT2D eigenvalue weighted by molar-refractivity contribution is 7.82. The van der Waals surface area contributed by atoms with E-state index in [9.17, 15) is 14.9 Å². The van der Waals surface area contributed by atoms with Crippen LogP contribution in [0.4, 0.5) is 21.9 Å². The highest BCUT2D eigenvalue weighted by Gasteiger charge is 2.40. The first-order chi connectivity index (χ1) is 11.0. The maximum atomic E-state index is 12.7. The van der Waals surface area contributed by atoms with Crippen molar-refractivity contribution in [3.8, 4) is 0 Å². The number of urea groups is 1. The number of anilines is 2. The van der Waals surface area contributed by atoms with E-state index >= 15 is 0 Å². The van der Waals surface area contributed by atoms with Crippen LogP contribution >= 0.6 is 12.2 Å². The summed E-state index contributed by atoms with van der Waals surface area (Å²) in [6.07, 6.45) is 0. The molecule has 0 saturated carbocycles. The Balaban J connectivity index is 2.03. The number of rotatable bonds is 3. The number of hydrogen-bond acceptors (Lipinski definition) is 5. The number of amidine groups is 1. The number of carbonyl (C=O) groups is 1. The molecule has 2 aromatic carbocycles. The maximum Gasteiger partial charge on any atom is 0.340 e. The Kier molecular flexibility index (Phi) is 3.59. The second-order valence-electron chi connectivity index (χ2n) is 4.72. The smallest absolute Gasteiger partial charge is 0.281 e. The monoisotopic (exact) mass is 326 g/mol. The standard InChI is InChI=1S/C15H10N4O3S/c16-13-14(23)18(10-5-2-1-3-6-10)15(20)17(13)11-7-4-8-12(9-11)19(21)22/h1-9,16H. The Labute approximate surface area is 136 Å². The first kappa shape index (κ1) is 14.8. The molecule has 0 unspecified atom stereocenters. The second kappa shape index (κ2) is 5.58. The Morgan fingerprint density at radius 2 is 1.65 bits per heavy atom. The van der Waals surface area contributed by atoms with E-state index < -0.39 is 11.0 Å². The Hall–Kier alpha value is -3.13. The fraction of sp³-hybridized carbons (Fsp3) is 0. The van der Waals surface area contributed by atoms with Crippen molar-refractivity contribution in [1.82, 2.24) is 0 Å². The summed E-state index contributed by atoms with van der Waals surface area (Å²) < 4.78 is 0. The molecule has 0 spiro atoms. The zero-order valence-electron chi connectivity index (χ0n) is 11.7. The zero-order chi connectivity index (χ0) is 16.6. The summed E-state index contributed by atoms with van der Waals surface area (Å²) in [5.74, 6) is -0.186. The summed E-state index contributed by atoms with van der Waals surface area (Å²) in [5.41, 5.74) is 0.613. The molecule has 3 rings (SSSR count). The predicted octanol–water partition coefficient (Wildman–Crippen LogP) is 3.35. The number of para-hydroxylation sites is 1. The predicted molar refractivity (Wildman–Crippen MR) is 90.2 cm³/mol. The van der Waals surface area contributed by atoms with Gasteiger partial charge < -0.3 is 0 Å². The second-order valence-corrected chi connectivity index (χ2v) is 5.11. The van der Waals surface area contributed by atoms with Gasteiger partial charge in [0.1, 0.15) is 0 Å². The van der Waals surface area contributed by atoms with E-state index in [0.717, 1.165) is 4.90 Å². The molecule has 1 saturated heterocycles.